The molecule has 1 aliphatic carbocycles. The zero-order chi connectivity index (χ0) is 33.3. The summed E-state index contributed by atoms with van der Waals surface area (Å²) in [6, 6.07) is 0. The monoisotopic (exact) mass is 622 g/mol. The number of hydrogen-bond acceptors (Lipinski definition) is 8. The van der Waals surface area contributed by atoms with Crippen molar-refractivity contribution in [3.63, 3.8) is 0 Å². The first-order valence-corrected chi connectivity index (χ1v) is 15.7. The SMILES string of the molecule is CC(C)=CCc1c2c(c(O)c3c1O[C@]14C(=CCC1C(C)(C)O[C@@H]4C/C=C(/C)C(=O)O)C3=O)C=C[C@](C)(CCC(O)C(C)(C)O)O2. The van der Waals surface area contributed by atoms with Gasteiger partial charge < -0.3 is 34.6 Å². The van der Waals surface area contributed by atoms with Gasteiger partial charge in [-0.2, -0.15) is 0 Å². The van der Waals surface area contributed by atoms with Crippen molar-refractivity contribution < 1.29 is 44.2 Å². The van der Waals surface area contributed by atoms with Crippen molar-refractivity contribution in [1.82, 2.24) is 0 Å². The van der Waals surface area contributed by atoms with E-state index in [9.17, 15) is 30.0 Å². The molecule has 4 aliphatic rings. The molecule has 9 heteroatoms. The average molecular weight is 623 g/mol. The summed E-state index contributed by atoms with van der Waals surface area (Å²) in [7, 11) is 0. The van der Waals surface area contributed by atoms with Crippen LogP contribution in [0.2, 0.25) is 0 Å². The predicted molar refractivity (Wildman–Crippen MR) is 170 cm³/mol. The van der Waals surface area contributed by atoms with Crippen molar-refractivity contribution >= 4 is 17.8 Å². The maximum absolute atomic E-state index is 14.4. The number of benzene rings is 1. The topological polar surface area (TPSA) is 143 Å². The van der Waals surface area contributed by atoms with Crippen molar-refractivity contribution in [3.05, 3.63) is 57.7 Å². The number of phenols is 1. The highest BCUT2D eigenvalue weighted by Gasteiger charge is 2.68. The maximum Gasteiger partial charge on any atom is 0.330 e. The molecule has 45 heavy (non-hydrogen) atoms. The van der Waals surface area contributed by atoms with Crippen molar-refractivity contribution in [2.45, 2.75) is 122 Å². The lowest BCUT2D eigenvalue weighted by molar-refractivity contribution is -0.132. The molecule has 5 atom stereocenters. The van der Waals surface area contributed by atoms with E-state index in [1.165, 1.54) is 6.92 Å². The smallest absolute Gasteiger partial charge is 0.330 e. The first-order chi connectivity index (χ1) is 20.8. The van der Waals surface area contributed by atoms with Crippen molar-refractivity contribution in [3.8, 4) is 17.2 Å². The number of aliphatic carboxylic acids is 1. The van der Waals surface area contributed by atoms with E-state index in [0.717, 1.165) is 5.57 Å². The van der Waals surface area contributed by atoms with Gasteiger partial charge in [-0.15, -0.1) is 0 Å². The van der Waals surface area contributed by atoms with E-state index in [1.807, 2.05) is 52.8 Å². The van der Waals surface area contributed by atoms with Crippen LogP contribution in [-0.4, -0.2) is 66.8 Å². The van der Waals surface area contributed by atoms with Gasteiger partial charge in [0.15, 0.2) is 11.4 Å². The number of ketones is 1. The number of aromatic hydroxyl groups is 1. The molecular formula is C36H46O9. The fraction of sp³-hybridized carbons (Fsp3) is 0.556. The first kappa shape index (κ1) is 33.0. The molecule has 2 unspecified atom stereocenters. The molecule has 244 valence electrons. The minimum Gasteiger partial charge on any atom is -0.506 e. The summed E-state index contributed by atoms with van der Waals surface area (Å²) in [6.07, 6.45) is 9.21. The molecular weight excluding hydrogens is 576 g/mol. The number of phenolic OH excluding ortho intramolecular Hbond substituents is 1. The van der Waals surface area contributed by atoms with Crippen LogP contribution >= 0.6 is 0 Å². The number of fused-ring (bicyclic) bond motifs is 2. The Morgan fingerprint density at radius 3 is 2.44 bits per heavy atom. The Balaban J connectivity index is 1.65. The van der Waals surface area contributed by atoms with Gasteiger partial charge in [0.25, 0.3) is 0 Å². The molecule has 5 rings (SSSR count). The summed E-state index contributed by atoms with van der Waals surface area (Å²) in [4.78, 5) is 26.0. The Bertz CT molecular complexity index is 1550. The average Bonchev–Trinajstić information content (AvgIpc) is 3.43. The minimum absolute atomic E-state index is 0.0819. The molecule has 4 N–H and O–H groups in total. The van der Waals surface area contributed by atoms with Crippen molar-refractivity contribution in [2.24, 2.45) is 5.92 Å². The number of carboxylic acids is 1. The number of rotatable bonds is 9. The van der Waals surface area contributed by atoms with Crippen LogP contribution in [0, 0.1) is 5.92 Å². The van der Waals surface area contributed by atoms with Gasteiger partial charge in [0.1, 0.15) is 34.5 Å². The van der Waals surface area contributed by atoms with Crippen LogP contribution in [0.1, 0.15) is 103 Å². The molecule has 1 saturated heterocycles. The highest BCUT2D eigenvalue weighted by molar-refractivity contribution is 6.16. The Morgan fingerprint density at radius 1 is 1.13 bits per heavy atom. The Hall–Kier alpha value is -3.40. The lowest BCUT2D eigenvalue weighted by atomic mass is 9.72. The zero-order valence-electron chi connectivity index (χ0n) is 27.5. The number of carboxylic acid groups (broad SMARTS) is 1. The molecule has 1 aromatic carbocycles. The third-order valence-electron chi connectivity index (χ3n) is 9.87. The van der Waals surface area contributed by atoms with E-state index in [-0.39, 0.29) is 47.2 Å². The van der Waals surface area contributed by atoms with Gasteiger partial charge in [-0.25, -0.2) is 4.79 Å². The highest BCUT2D eigenvalue weighted by Crippen LogP contribution is 2.61. The number of hydrogen-bond donors (Lipinski definition) is 4. The quantitative estimate of drug-likeness (QED) is 0.197. The molecule has 0 saturated carbocycles. The normalized spacial score (nSPS) is 28.6. The van der Waals surface area contributed by atoms with E-state index in [2.05, 4.69) is 0 Å². The molecule has 1 aromatic rings. The van der Waals surface area contributed by atoms with Crippen molar-refractivity contribution in [1.29, 1.82) is 0 Å². The van der Waals surface area contributed by atoms with Crippen LogP contribution in [0.4, 0.5) is 0 Å². The fourth-order valence-electron chi connectivity index (χ4n) is 7.14. The van der Waals surface area contributed by atoms with E-state index in [1.54, 1.807) is 26.0 Å². The van der Waals surface area contributed by atoms with Gasteiger partial charge in [0, 0.05) is 22.6 Å². The number of aliphatic hydroxyl groups excluding tert-OH is 1. The molecule has 0 amide bonds. The number of Topliss-reactive ketones (excluding diaryl/α,β-unsaturated/α-hetero) is 1. The Morgan fingerprint density at radius 2 is 1.82 bits per heavy atom. The van der Waals surface area contributed by atoms with Crippen molar-refractivity contribution in [2.75, 3.05) is 0 Å². The fourth-order valence-corrected chi connectivity index (χ4v) is 7.14. The van der Waals surface area contributed by atoms with Gasteiger partial charge in [-0.3, -0.25) is 4.79 Å². The second kappa shape index (κ2) is 11.1. The van der Waals surface area contributed by atoms with Crippen LogP contribution in [0.15, 0.2) is 41.0 Å². The summed E-state index contributed by atoms with van der Waals surface area (Å²) in [6.45, 7) is 14.4. The second-order valence-corrected chi connectivity index (χ2v) is 14.5. The number of carbonyl (C=O) groups excluding carboxylic acids is 1. The minimum atomic E-state index is -1.28. The van der Waals surface area contributed by atoms with E-state index >= 15 is 0 Å². The molecule has 0 radical (unpaired) electrons. The van der Waals surface area contributed by atoms with Gasteiger partial charge in [-0.05, 0) is 99.6 Å². The molecule has 3 heterocycles. The number of allylic oxidation sites excluding steroid dienone is 3. The molecule has 0 bridgehead atoms. The van der Waals surface area contributed by atoms with Crippen LogP contribution in [-0.2, 0) is 16.0 Å². The molecule has 9 nitrogen and oxygen atoms in total. The van der Waals surface area contributed by atoms with Gasteiger partial charge in [0.05, 0.1) is 22.9 Å². The predicted octanol–water partition coefficient (Wildman–Crippen LogP) is 5.84. The summed E-state index contributed by atoms with van der Waals surface area (Å²) >= 11 is 0. The summed E-state index contributed by atoms with van der Waals surface area (Å²) < 4.78 is 20.2. The summed E-state index contributed by atoms with van der Waals surface area (Å²) in [5.74, 6) is -1.18. The van der Waals surface area contributed by atoms with Crippen LogP contribution in [0.3, 0.4) is 0 Å². The molecule has 1 fully saturated rings. The third-order valence-corrected chi connectivity index (χ3v) is 9.87. The molecule has 0 aromatic heterocycles. The number of ether oxygens (including phenoxy) is 3. The summed E-state index contributed by atoms with van der Waals surface area (Å²) in [5, 5.41) is 41.9. The largest absolute Gasteiger partial charge is 0.506 e. The van der Waals surface area contributed by atoms with E-state index < -0.39 is 40.6 Å². The number of aliphatic hydroxyl groups is 2. The van der Waals surface area contributed by atoms with Gasteiger partial charge in [-0.1, -0.05) is 23.8 Å². The van der Waals surface area contributed by atoms with Crippen LogP contribution in [0.5, 0.6) is 17.2 Å². The third kappa shape index (κ3) is 5.53. The van der Waals surface area contributed by atoms with Gasteiger partial charge >= 0.3 is 5.97 Å². The standard InChI is InChI=1S/C36H46O9/c1-19(2)9-11-22-30-21(15-17-35(8,44-30)18-16-25(37)33(4,5)42)28(38)27-29(39)23-12-13-24-34(6,7)43-26(14-10-20(3)32(40)41)36(23,24)45-31(22)27/h9-10,12,15,17,24-26,37-38,42H,11,13-14,16,18H2,1-8H3,(H,40,41)/b20-10-/t24?,25?,26-,35-,36-/m1/s1. The first-order valence-electron chi connectivity index (χ1n) is 15.7. The number of carbonyl (C=O) groups is 2. The molecule has 3 aliphatic heterocycles. The lowest BCUT2D eigenvalue weighted by Crippen LogP contribution is -2.54. The Labute approximate surface area is 264 Å². The second-order valence-electron chi connectivity index (χ2n) is 14.5. The van der Waals surface area contributed by atoms with Crippen LogP contribution in [0.25, 0.3) is 6.08 Å². The lowest BCUT2D eigenvalue weighted by Gasteiger charge is -2.43. The Kier molecular flexibility index (Phi) is 8.16. The summed E-state index contributed by atoms with van der Waals surface area (Å²) in [5.41, 5.74) is -1.30. The van der Waals surface area contributed by atoms with E-state index in [4.69, 9.17) is 14.2 Å². The maximum atomic E-state index is 14.4. The van der Waals surface area contributed by atoms with E-state index in [0.29, 0.717) is 41.7 Å². The van der Waals surface area contributed by atoms with Gasteiger partial charge in [0.2, 0.25) is 0 Å². The zero-order valence-corrected chi connectivity index (χ0v) is 27.5. The van der Waals surface area contributed by atoms with Crippen LogP contribution < -0.4 is 9.47 Å². The highest BCUT2D eigenvalue weighted by atomic mass is 16.6. The molecule has 1 spiro atoms.